The molecule has 0 aliphatic heterocycles. The van der Waals surface area contributed by atoms with Crippen molar-refractivity contribution in [3.63, 3.8) is 0 Å². The van der Waals surface area contributed by atoms with E-state index in [1.165, 1.54) is 0 Å². The van der Waals surface area contributed by atoms with E-state index in [0.29, 0.717) is 24.5 Å². The number of aromatic nitrogens is 4. The van der Waals surface area contributed by atoms with Gasteiger partial charge in [-0.1, -0.05) is 17.2 Å². The van der Waals surface area contributed by atoms with Crippen LogP contribution in [0.15, 0.2) is 17.0 Å². The van der Waals surface area contributed by atoms with Crippen LogP contribution in [0.5, 0.6) is 0 Å². The lowest BCUT2D eigenvalue weighted by molar-refractivity contribution is -0.120. The third kappa shape index (κ3) is 3.40. The van der Waals surface area contributed by atoms with Gasteiger partial charge in [0.05, 0.1) is 6.42 Å². The first-order valence-electron chi connectivity index (χ1n) is 6.25. The normalized spacial score (nSPS) is 10.6. The van der Waals surface area contributed by atoms with Crippen LogP contribution >= 0.6 is 0 Å². The fourth-order valence-corrected chi connectivity index (χ4v) is 1.80. The van der Waals surface area contributed by atoms with Crippen LogP contribution in [0.4, 0.5) is 0 Å². The standard InChI is InChI=1S/C12H17N5O2/c1-3-11-13-4-6-17(11)7-5-14-12(18)8-10-9(2)15-19-16-10/h4,6H,3,5,7-8H2,1-2H3,(H,14,18). The second-order valence-corrected chi connectivity index (χ2v) is 4.21. The van der Waals surface area contributed by atoms with Crippen molar-refractivity contribution in [3.8, 4) is 0 Å². The summed E-state index contributed by atoms with van der Waals surface area (Å²) in [6.45, 7) is 5.09. The van der Waals surface area contributed by atoms with Crippen molar-refractivity contribution in [3.05, 3.63) is 29.6 Å². The Morgan fingerprint density at radius 3 is 3.00 bits per heavy atom. The van der Waals surface area contributed by atoms with Gasteiger partial charge in [0, 0.05) is 31.9 Å². The molecular formula is C12H17N5O2. The summed E-state index contributed by atoms with van der Waals surface area (Å²) in [6, 6.07) is 0. The molecule has 0 aromatic carbocycles. The maximum absolute atomic E-state index is 11.7. The fourth-order valence-electron chi connectivity index (χ4n) is 1.80. The molecule has 0 saturated heterocycles. The molecule has 0 aliphatic rings. The molecule has 2 heterocycles. The lowest BCUT2D eigenvalue weighted by atomic mass is 10.2. The van der Waals surface area contributed by atoms with Gasteiger partial charge in [-0.15, -0.1) is 0 Å². The zero-order valence-electron chi connectivity index (χ0n) is 11.1. The Kier molecular flexibility index (Phi) is 4.27. The van der Waals surface area contributed by atoms with Crippen molar-refractivity contribution in [1.82, 2.24) is 25.2 Å². The Labute approximate surface area is 111 Å². The van der Waals surface area contributed by atoms with Crippen molar-refractivity contribution < 1.29 is 9.42 Å². The maximum Gasteiger partial charge on any atom is 0.226 e. The van der Waals surface area contributed by atoms with Gasteiger partial charge in [0.1, 0.15) is 17.2 Å². The molecule has 7 nitrogen and oxygen atoms in total. The molecule has 0 bridgehead atoms. The van der Waals surface area contributed by atoms with E-state index in [4.69, 9.17) is 0 Å². The Hall–Kier alpha value is -2.18. The predicted molar refractivity (Wildman–Crippen MR) is 67.4 cm³/mol. The highest BCUT2D eigenvalue weighted by molar-refractivity contribution is 5.78. The molecule has 1 N–H and O–H groups in total. The minimum atomic E-state index is -0.0861. The maximum atomic E-state index is 11.7. The summed E-state index contributed by atoms with van der Waals surface area (Å²) in [5.74, 6) is 0.933. The summed E-state index contributed by atoms with van der Waals surface area (Å²) in [5, 5.41) is 10.2. The Morgan fingerprint density at radius 2 is 2.32 bits per heavy atom. The van der Waals surface area contributed by atoms with Crippen molar-refractivity contribution in [2.24, 2.45) is 0 Å². The Morgan fingerprint density at radius 1 is 1.47 bits per heavy atom. The van der Waals surface area contributed by atoms with E-state index in [2.05, 4.69) is 32.2 Å². The van der Waals surface area contributed by atoms with Crippen molar-refractivity contribution in [2.75, 3.05) is 6.54 Å². The molecule has 19 heavy (non-hydrogen) atoms. The molecule has 0 radical (unpaired) electrons. The molecule has 2 rings (SSSR count). The molecule has 102 valence electrons. The van der Waals surface area contributed by atoms with Gasteiger partial charge < -0.3 is 9.88 Å². The predicted octanol–water partition coefficient (Wildman–Crippen LogP) is 0.496. The second-order valence-electron chi connectivity index (χ2n) is 4.21. The molecule has 0 unspecified atom stereocenters. The quantitative estimate of drug-likeness (QED) is 0.820. The number of aryl methyl sites for hydroxylation is 2. The summed E-state index contributed by atoms with van der Waals surface area (Å²) >= 11 is 0. The largest absolute Gasteiger partial charge is 0.354 e. The number of hydrogen-bond donors (Lipinski definition) is 1. The molecule has 0 atom stereocenters. The minimum absolute atomic E-state index is 0.0861. The number of nitrogens with zero attached hydrogens (tertiary/aromatic N) is 4. The number of hydrogen-bond acceptors (Lipinski definition) is 5. The summed E-state index contributed by atoms with van der Waals surface area (Å²) < 4.78 is 6.58. The first kappa shape index (κ1) is 13.3. The first-order valence-corrected chi connectivity index (χ1v) is 6.25. The molecule has 0 spiro atoms. The van der Waals surface area contributed by atoms with Crippen LogP contribution in [0.3, 0.4) is 0 Å². The summed E-state index contributed by atoms with van der Waals surface area (Å²) in [7, 11) is 0. The Balaban J connectivity index is 1.77. The summed E-state index contributed by atoms with van der Waals surface area (Å²) in [6.07, 6.45) is 4.76. The van der Waals surface area contributed by atoms with Crippen LogP contribution in [0.2, 0.25) is 0 Å². The molecule has 0 fully saturated rings. The van der Waals surface area contributed by atoms with E-state index in [9.17, 15) is 4.79 Å². The summed E-state index contributed by atoms with van der Waals surface area (Å²) in [4.78, 5) is 15.9. The van der Waals surface area contributed by atoms with Gasteiger partial charge >= 0.3 is 0 Å². The van der Waals surface area contributed by atoms with Gasteiger partial charge in [0.15, 0.2) is 0 Å². The zero-order chi connectivity index (χ0) is 13.7. The third-order valence-corrected chi connectivity index (χ3v) is 2.87. The van der Waals surface area contributed by atoms with Crippen LogP contribution in [0.25, 0.3) is 0 Å². The van der Waals surface area contributed by atoms with Gasteiger partial charge in [0.25, 0.3) is 0 Å². The van der Waals surface area contributed by atoms with Gasteiger partial charge in [-0.2, -0.15) is 0 Å². The number of nitrogens with one attached hydrogen (secondary N) is 1. The molecule has 7 heteroatoms. The highest BCUT2D eigenvalue weighted by atomic mass is 16.6. The minimum Gasteiger partial charge on any atom is -0.354 e. The molecule has 1 amide bonds. The highest BCUT2D eigenvalue weighted by Crippen LogP contribution is 2.01. The van der Waals surface area contributed by atoms with E-state index in [1.807, 2.05) is 10.8 Å². The lowest BCUT2D eigenvalue weighted by Gasteiger charge is -2.07. The zero-order valence-corrected chi connectivity index (χ0v) is 11.1. The fraction of sp³-hybridized carbons (Fsp3) is 0.500. The van der Waals surface area contributed by atoms with Crippen LogP contribution < -0.4 is 5.32 Å². The Bertz CT molecular complexity index is 546. The van der Waals surface area contributed by atoms with E-state index < -0.39 is 0 Å². The summed E-state index contributed by atoms with van der Waals surface area (Å²) in [5.41, 5.74) is 1.23. The van der Waals surface area contributed by atoms with E-state index in [0.717, 1.165) is 12.2 Å². The average Bonchev–Trinajstić information content (AvgIpc) is 2.99. The second kappa shape index (κ2) is 6.12. The van der Waals surface area contributed by atoms with Gasteiger partial charge in [-0.3, -0.25) is 4.79 Å². The third-order valence-electron chi connectivity index (χ3n) is 2.87. The molecule has 0 saturated carbocycles. The molecule has 2 aromatic heterocycles. The van der Waals surface area contributed by atoms with Crippen molar-refractivity contribution in [1.29, 1.82) is 0 Å². The topological polar surface area (TPSA) is 85.8 Å². The number of rotatable bonds is 6. The van der Waals surface area contributed by atoms with Crippen LogP contribution in [-0.2, 0) is 24.2 Å². The van der Waals surface area contributed by atoms with E-state index >= 15 is 0 Å². The molecule has 0 aliphatic carbocycles. The number of carbonyl (C=O) groups excluding carboxylic acids is 1. The lowest BCUT2D eigenvalue weighted by Crippen LogP contribution is -2.29. The van der Waals surface area contributed by atoms with Crippen LogP contribution in [0.1, 0.15) is 24.1 Å². The highest BCUT2D eigenvalue weighted by Gasteiger charge is 2.10. The average molecular weight is 263 g/mol. The van der Waals surface area contributed by atoms with E-state index in [1.54, 1.807) is 13.1 Å². The van der Waals surface area contributed by atoms with Crippen LogP contribution in [0, 0.1) is 6.92 Å². The van der Waals surface area contributed by atoms with Crippen molar-refractivity contribution >= 4 is 5.91 Å². The van der Waals surface area contributed by atoms with Crippen molar-refractivity contribution in [2.45, 2.75) is 33.2 Å². The number of amides is 1. The molecular weight excluding hydrogens is 246 g/mol. The van der Waals surface area contributed by atoms with Crippen LogP contribution in [-0.4, -0.2) is 32.3 Å². The smallest absolute Gasteiger partial charge is 0.226 e. The monoisotopic (exact) mass is 263 g/mol. The first-order chi connectivity index (χ1) is 9.20. The van der Waals surface area contributed by atoms with Gasteiger partial charge in [-0.05, 0) is 6.92 Å². The number of carbonyl (C=O) groups is 1. The molecule has 2 aromatic rings. The van der Waals surface area contributed by atoms with Gasteiger partial charge in [-0.25, -0.2) is 9.61 Å². The van der Waals surface area contributed by atoms with Gasteiger partial charge in [0.2, 0.25) is 5.91 Å². The van der Waals surface area contributed by atoms with E-state index in [-0.39, 0.29) is 12.3 Å². The SMILES string of the molecule is CCc1nccn1CCNC(=O)Cc1nonc1C. The number of imidazole rings is 1.